The third-order valence-electron chi connectivity index (χ3n) is 3.53. The summed E-state index contributed by atoms with van der Waals surface area (Å²) in [5.74, 6) is 0.566. The first-order valence-corrected chi connectivity index (χ1v) is 7.56. The fourth-order valence-corrected chi connectivity index (χ4v) is 2.23. The summed E-state index contributed by atoms with van der Waals surface area (Å²) in [7, 11) is 0. The van der Waals surface area contributed by atoms with Gasteiger partial charge in [-0.3, -0.25) is 0 Å². The number of rotatable bonds is 5. The molecule has 0 fully saturated rings. The molecule has 5 nitrogen and oxygen atoms in total. The summed E-state index contributed by atoms with van der Waals surface area (Å²) < 4.78 is 11.0. The second-order valence-electron chi connectivity index (χ2n) is 5.52. The van der Waals surface area contributed by atoms with Crippen LogP contribution in [0.1, 0.15) is 12.5 Å². The minimum absolute atomic E-state index is 0.472. The Bertz CT molecular complexity index is 874. The number of carboxylic acids is 1. The molecule has 1 N–H and O–H groups in total. The van der Waals surface area contributed by atoms with Crippen molar-refractivity contribution in [1.29, 1.82) is 0 Å². The molecule has 3 aromatic rings. The molecule has 0 saturated carbocycles. The topological polar surface area (TPSA) is 68.7 Å². The van der Waals surface area contributed by atoms with Gasteiger partial charge in [0.2, 0.25) is 5.88 Å². The molecule has 0 bridgehead atoms. The minimum Gasteiger partial charge on any atom is -0.479 e. The SMILES string of the molecule is Cc1ccc2ccc(Oc3ccc(O[C@@H](C)C(=O)O)cc3)nc2c1. The average Bonchev–Trinajstić information content (AvgIpc) is 2.56. The molecule has 5 heteroatoms. The average molecular weight is 323 g/mol. The van der Waals surface area contributed by atoms with Crippen molar-refractivity contribution >= 4 is 16.9 Å². The van der Waals surface area contributed by atoms with E-state index in [0.29, 0.717) is 17.4 Å². The van der Waals surface area contributed by atoms with Crippen molar-refractivity contribution < 1.29 is 19.4 Å². The highest BCUT2D eigenvalue weighted by molar-refractivity contribution is 5.79. The molecule has 24 heavy (non-hydrogen) atoms. The Morgan fingerprint density at radius 3 is 2.42 bits per heavy atom. The number of carbonyl (C=O) groups is 1. The molecule has 0 radical (unpaired) electrons. The van der Waals surface area contributed by atoms with E-state index in [9.17, 15) is 4.79 Å². The van der Waals surface area contributed by atoms with Crippen LogP contribution in [0.2, 0.25) is 0 Å². The standard InChI is InChI=1S/C19H17NO4/c1-12-3-4-14-5-10-18(20-17(14)11-12)24-16-8-6-15(7-9-16)23-13(2)19(21)22/h3-11,13H,1-2H3,(H,21,22)/t13-/m0/s1. The molecule has 1 atom stereocenters. The lowest BCUT2D eigenvalue weighted by molar-refractivity contribution is -0.144. The molecule has 1 aromatic heterocycles. The summed E-state index contributed by atoms with van der Waals surface area (Å²) in [5, 5.41) is 9.90. The molecule has 0 aliphatic carbocycles. The van der Waals surface area contributed by atoms with Crippen LogP contribution in [0.4, 0.5) is 0 Å². The first-order chi connectivity index (χ1) is 11.5. The van der Waals surface area contributed by atoms with E-state index in [1.54, 1.807) is 24.3 Å². The Balaban J connectivity index is 1.75. The van der Waals surface area contributed by atoms with Crippen molar-refractivity contribution in [2.75, 3.05) is 0 Å². The predicted molar refractivity (Wildman–Crippen MR) is 90.7 cm³/mol. The molecule has 0 amide bonds. The number of hydrogen-bond donors (Lipinski definition) is 1. The van der Waals surface area contributed by atoms with Crippen molar-refractivity contribution in [3.8, 4) is 17.4 Å². The Morgan fingerprint density at radius 2 is 1.71 bits per heavy atom. The lowest BCUT2D eigenvalue weighted by Gasteiger charge is -2.11. The van der Waals surface area contributed by atoms with Gasteiger partial charge in [-0.15, -0.1) is 0 Å². The van der Waals surface area contributed by atoms with Gasteiger partial charge in [-0.2, -0.15) is 0 Å². The van der Waals surface area contributed by atoms with Crippen LogP contribution in [-0.4, -0.2) is 22.2 Å². The van der Waals surface area contributed by atoms with Gasteiger partial charge in [-0.1, -0.05) is 12.1 Å². The number of aliphatic carboxylic acids is 1. The minimum atomic E-state index is -1.01. The van der Waals surface area contributed by atoms with Crippen LogP contribution >= 0.6 is 0 Å². The molecular weight excluding hydrogens is 306 g/mol. The predicted octanol–water partition coefficient (Wildman–Crippen LogP) is 4.19. The van der Waals surface area contributed by atoms with Crippen molar-refractivity contribution in [2.45, 2.75) is 20.0 Å². The molecule has 3 rings (SSSR count). The molecule has 0 unspecified atom stereocenters. The Hall–Kier alpha value is -3.08. The number of hydrogen-bond acceptors (Lipinski definition) is 4. The number of nitrogens with zero attached hydrogens (tertiary/aromatic N) is 1. The highest BCUT2D eigenvalue weighted by Gasteiger charge is 2.12. The molecule has 0 saturated heterocycles. The maximum atomic E-state index is 10.8. The van der Waals surface area contributed by atoms with Gasteiger partial charge < -0.3 is 14.6 Å². The second kappa shape index (κ2) is 6.58. The summed E-state index contributed by atoms with van der Waals surface area (Å²) in [4.78, 5) is 15.3. The molecule has 0 aliphatic rings. The molecule has 0 aliphatic heterocycles. The van der Waals surface area contributed by atoms with Crippen LogP contribution in [0.25, 0.3) is 10.9 Å². The smallest absolute Gasteiger partial charge is 0.344 e. The summed E-state index contributed by atoms with van der Waals surface area (Å²) >= 11 is 0. The molecule has 0 spiro atoms. The Kier molecular flexibility index (Phi) is 4.33. The van der Waals surface area contributed by atoms with Crippen LogP contribution in [0, 0.1) is 6.92 Å². The first kappa shape index (κ1) is 15.8. The summed E-state index contributed by atoms with van der Waals surface area (Å²) in [6.45, 7) is 3.50. The van der Waals surface area contributed by atoms with Crippen molar-refractivity contribution in [3.05, 3.63) is 60.2 Å². The summed E-state index contributed by atoms with van der Waals surface area (Å²) in [6.07, 6.45) is -0.901. The van der Waals surface area contributed by atoms with Crippen LogP contribution in [-0.2, 0) is 4.79 Å². The van der Waals surface area contributed by atoms with Crippen LogP contribution in [0.5, 0.6) is 17.4 Å². The zero-order valence-electron chi connectivity index (χ0n) is 13.4. The highest BCUT2D eigenvalue weighted by Crippen LogP contribution is 2.25. The molecular formula is C19H17NO4. The van der Waals surface area contributed by atoms with Gasteiger partial charge in [-0.25, -0.2) is 9.78 Å². The summed E-state index contributed by atoms with van der Waals surface area (Å²) in [5.41, 5.74) is 2.02. The highest BCUT2D eigenvalue weighted by atomic mass is 16.5. The van der Waals surface area contributed by atoms with Crippen molar-refractivity contribution in [2.24, 2.45) is 0 Å². The number of fused-ring (bicyclic) bond motifs is 1. The fourth-order valence-electron chi connectivity index (χ4n) is 2.23. The largest absolute Gasteiger partial charge is 0.479 e. The third kappa shape index (κ3) is 3.63. The fraction of sp³-hybridized carbons (Fsp3) is 0.158. The number of ether oxygens (including phenoxy) is 2. The Labute approximate surface area is 139 Å². The number of aryl methyl sites for hydroxylation is 1. The van der Waals surface area contributed by atoms with Gasteiger partial charge in [0, 0.05) is 11.5 Å². The van der Waals surface area contributed by atoms with E-state index in [1.807, 2.05) is 37.3 Å². The first-order valence-electron chi connectivity index (χ1n) is 7.56. The maximum absolute atomic E-state index is 10.8. The lowest BCUT2D eigenvalue weighted by Crippen LogP contribution is -2.22. The zero-order valence-corrected chi connectivity index (χ0v) is 13.4. The number of pyridine rings is 1. The van der Waals surface area contributed by atoms with E-state index < -0.39 is 12.1 Å². The normalized spacial score (nSPS) is 11.9. The van der Waals surface area contributed by atoms with Gasteiger partial charge >= 0.3 is 5.97 Å². The van der Waals surface area contributed by atoms with Gasteiger partial charge in [0.1, 0.15) is 11.5 Å². The van der Waals surface area contributed by atoms with Crippen LogP contribution in [0.3, 0.4) is 0 Å². The summed E-state index contributed by atoms with van der Waals surface area (Å²) in [6, 6.07) is 16.6. The van der Waals surface area contributed by atoms with Gasteiger partial charge in [0.15, 0.2) is 6.10 Å². The van der Waals surface area contributed by atoms with Gasteiger partial charge in [-0.05, 0) is 55.8 Å². The van der Waals surface area contributed by atoms with Crippen LogP contribution in [0.15, 0.2) is 54.6 Å². The molecule has 122 valence electrons. The van der Waals surface area contributed by atoms with E-state index in [-0.39, 0.29) is 0 Å². The van der Waals surface area contributed by atoms with E-state index in [0.717, 1.165) is 16.5 Å². The number of benzene rings is 2. The van der Waals surface area contributed by atoms with Crippen LogP contribution < -0.4 is 9.47 Å². The van der Waals surface area contributed by atoms with Gasteiger partial charge in [0.25, 0.3) is 0 Å². The van der Waals surface area contributed by atoms with Crippen molar-refractivity contribution in [3.63, 3.8) is 0 Å². The van der Waals surface area contributed by atoms with E-state index in [2.05, 4.69) is 4.98 Å². The second-order valence-corrected chi connectivity index (χ2v) is 5.52. The van der Waals surface area contributed by atoms with Gasteiger partial charge in [0.05, 0.1) is 5.52 Å². The van der Waals surface area contributed by atoms with E-state index in [1.165, 1.54) is 6.92 Å². The van der Waals surface area contributed by atoms with Crippen molar-refractivity contribution in [1.82, 2.24) is 4.98 Å². The number of aromatic nitrogens is 1. The lowest BCUT2D eigenvalue weighted by atomic mass is 10.1. The monoisotopic (exact) mass is 323 g/mol. The molecule has 1 heterocycles. The molecule has 2 aromatic carbocycles. The Morgan fingerprint density at radius 1 is 1.04 bits per heavy atom. The maximum Gasteiger partial charge on any atom is 0.344 e. The van der Waals surface area contributed by atoms with E-state index >= 15 is 0 Å². The quantitative estimate of drug-likeness (QED) is 0.762. The number of carboxylic acid groups (broad SMARTS) is 1. The zero-order chi connectivity index (χ0) is 17.1. The third-order valence-corrected chi connectivity index (χ3v) is 3.53. The van der Waals surface area contributed by atoms with E-state index in [4.69, 9.17) is 14.6 Å².